The average molecular weight is 476 g/mol. The van der Waals surface area contributed by atoms with Gasteiger partial charge in [0.2, 0.25) is 0 Å². The Hall–Kier alpha value is -2.08. The molecule has 0 fully saturated rings. The van der Waals surface area contributed by atoms with Crippen LogP contribution in [0.2, 0.25) is 0 Å². The molecule has 0 radical (unpaired) electrons. The number of hydrogen-bond acceptors (Lipinski definition) is 6. The lowest BCUT2D eigenvalue weighted by atomic mass is 9.71. The maximum Gasteiger partial charge on any atom is 0.159 e. The standard InChI is InChI=1S/C23H28F4O6/c1-2-7-22(32,10-13-3-5-15(24)17(26)8-13)21(31)23(33,20(30)19(29)12-28)11-14-4-6-16(25)18(27)9-14/h3-6,8-9,19-21,28-33H,2,7,10-12H2,1H3/t19-,20+,21+,22?,23+/m0/s1. The fourth-order valence-corrected chi connectivity index (χ4v) is 4.00. The van der Waals surface area contributed by atoms with Crippen molar-refractivity contribution < 1.29 is 48.2 Å². The van der Waals surface area contributed by atoms with Gasteiger partial charge in [-0.2, -0.15) is 0 Å². The monoisotopic (exact) mass is 476 g/mol. The van der Waals surface area contributed by atoms with Gasteiger partial charge in [-0.05, 0) is 41.8 Å². The van der Waals surface area contributed by atoms with Crippen molar-refractivity contribution in [3.63, 3.8) is 0 Å². The average Bonchev–Trinajstić information content (AvgIpc) is 2.77. The van der Waals surface area contributed by atoms with Crippen molar-refractivity contribution in [2.75, 3.05) is 6.61 Å². The third kappa shape index (κ3) is 6.08. The van der Waals surface area contributed by atoms with Crippen LogP contribution in [0.25, 0.3) is 0 Å². The molecule has 0 aliphatic carbocycles. The van der Waals surface area contributed by atoms with Gasteiger partial charge in [-0.15, -0.1) is 0 Å². The van der Waals surface area contributed by atoms with Crippen LogP contribution in [-0.2, 0) is 12.8 Å². The van der Waals surface area contributed by atoms with Crippen molar-refractivity contribution in [1.82, 2.24) is 0 Å². The zero-order valence-corrected chi connectivity index (χ0v) is 17.9. The summed E-state index contributed by atoms with van der Waals surface area (Å²) >= 11 is 0. The van der Waals surface area contributed by atoms with E-state index in [0.717, 1.165) is 24.3 Å². The summed E-state index contributed by atoms with van der Waals surface area (Å²) in [4.78, 5) is 0. The Balaban J connectivity index is 2.52. The van der Waals surface area contributed by atoms with Crippen molar-refractivity contribution in [1.29, 1.82) is 0 Å². The highest BCUT2D eigenvalue weighted by Gasteiger charge is 2.54. The highest BCUT2D eigenvalue weighted by Crippen LogP contribution is 2.35. The predicted octanol–water partition coefficient (Wildman–Crippen LogP) is 1.37. The van der Waals surface area contributed by atoms with Crippen LogP contribution in [0.3, 0.4) is 0 Å². The van der Waals surface area contributed by atoms with Gasteiger partial charge in [0, 0.05) is 12.8 Å². The summed E-state index contributed by atoms with van der Waals surface area (Å²) in [5, 5.41) is 63.5. The number of aliphatic hydroxyl groups is 6. The van der Waals surface area contributed by atoms with Crippen molar-refractivity contribution >= 4 is 0 Å². The Morgan fingerprint density at radius 3 is 1.70 bits per heavy atom. The molecule has 0 aliphatic heterocycles. The summed E-state index contributed by atoms with van der Waals surface area (Å²) in [7, 11) is 0. The van der Waals surface area contributed by atoms with E-state index in [1.54, 1.807) is 6.92 Å². The quantitative estimate of drug-likeness (QED) is 0.273. The molecule has 1 unspecified atom stereocenters. The van der Waals surface area contributed by atoms with Gasteiger partial charge in [-0.3, -0.25) is 0 Å². The first-order valence-corrected chi connectivity index (χ1v) is 10.4. The van der Waals surface area contributed by atoms with Gasteiger partial charge >= 0.3 is 0 Å². The Labute approximate surface area is 188 Å². The maximum absolute atomic E-state index is 13.7. The second-order valence-electron chi connectivity index (χ2n) is 8.29. The van der Waals surface area contributed by atoms with E-state index in [9.17, 15) is 48.2 Å². The van der Waals surface area contributed by atoms with E-state index in [1.165, 1.54) is 6.07 Å². The summed E-state index contributed by atoms with van der Waals surface area (Å²) in [6.07, 6.45) is -7.62. The van der Waals surface area contributed by atoms with Crippen molar-refractivity contribution in [3.8, 4) is 0 Å². The lowest BCUT2D eigenvalue weighted by Gasteiger charge is -2.46. The minimum Gasteiger partial charge on any atom is -0.394 e. The Bertz CT molecular complexity index is 945. The van der Waals surface area contributed by atoms with Crippen LogP contribution in [0.15, 0.2) is 36.4 Å². The Morgan fingerprint density at radius 1 is 0.788 bits per heavy atom. The zero-order chi connectivity index (χ0) is 25.0. The third-order valence-electron chi connectivity index (χ3n) is 5.69. The first-order chi connectivity index (χ1) is 15.4. The molecule has 184 valence electrons. The van der Waals surface area contributed by atoms with Gasteiger partial charge in [0.1, 0.15) is 23.9 Å². The highest BCUT2D eigenvalue weighted by atomic mass is 19.2. The fraction of sp³-hybridized carbons (Fsp3) is 0.478. The molecule has 33 heavy (non-hydrogen) atoms. The molecule has 0 amide bonds. The van der Waals surface area contributed by atoms with Crippen LogP contribution in [0.5, 0.6) is 0 Å². The number of aliphatic hydroxyl groups excluding tert-OH is 4. The minimum atomic E-state index is -2.77. The normalized spacial score (nSPS) is 18.3. The predicted molar refractivity (Wildman–Crippen MR) is 110 cm³/mol. The van der Waals surface area contributed by atoms with Crippen molar-refractivity contribution in [2.24, 2.45) is 0 Å². The molecule has 0 aromatic heterocycles. The molecule has 2 aromatic carbocycles. The maximum atomic E-state index is 13.7. The molecule has 0 bridgehead atoms. The van der Waals surface area contributed by atoms with E-state index in [-0.39, 0.29) is 24.0 Å². The summed E-state index contributed by atoms with van der Waals surface area (Å²) in [6, 6.07) is 5.32. The highest BCUT2D eigenvalue weighted by molar-refractivity contribution is 5.25. The van der Waals surface area contributed by atoms with Crippen molar-refractivity contribution in [3.05, 3.63) is 70.8 Å². The van der Waals surface area contributed by atoms with Gasteiger partial charge in [0.25, 0.3) is 0 Å². The van der Waals surface area contributed by atoms with Crippen molar-refractivity contribution in [2.45, 2.75) is 62.1 Å². The van der Waals surface area contributed by atoms with Crippen LogP contribution in [0, 0.1) is 23.3 Å². The molecule has 0 heterocycles. The Morgan fingerprint density at radius 2 is 1.27 bits per heavy atom. The smallest absolute Gasteiger partial charge is 0.159 e. The van der Waals surface area contributed by atoms with Gasteiger partial charge in [0.15, 0.2) is 23.3 Å². The van der Waals surface area contributed by atoms with E-state index in [0.29, 0.717) is 6.07 Å². The van der Waals surface area contributed by atoms with Gasteiger partial charge in [-0.1, -0.05) is 25.5 Å². The van der Waals surface area contributed by atoms with Gasteiger partial charge < -0.3 is 30.6 Å². The molecule has 0 saturated heterocycles. The van der Waals surface area contributed by atoms with Crippen LogP contribution in [0.4, 0.5) is 17.6 Å². The number of hydrogen-bond donors (Lipinski definition) is 6. The SMILES string of the molecule is CCCC(O)(Cc1ccc(F)c(F)c1)[C@@H](O)[C@@](O)(Cc1ccc(F)c(F)c1)[C@H](O)[C@@H](O)CO. The van der Waals surface area contributed by atoms with Gasteiger partial charge in [0.05, 0.1) is 12.2 Å². The molecule has 10 heteroatoms. The summed E-state index contributed by atoms with van der Waals surface area (Å²) < 4.78 is 54.0. The number of rotatable bonds is 11. The number of halogens is 4. The van der Waals surface area contributed by atoms with E-state index in [2.05, 4.69) is 0 Å². The van der Waals surface area contributed by atoms with E-state index in [4.69, 9.17) is 0 Å². The first-order valence-electron chi connectivity index (χ1n) is 10.4. The second kappa shape index (κ2) is 10.9. The molecule has 2 rings (SSSR count). The summed E-state index contributed by atoms with van der Waals surface area (Å²) in [5.74, 6) is -4.78. The van der Waals surface area contributed by atoms with Gasteiger partial charge in [-0.25, -0.2) is 17.6 Å². The molecule has 0 saturated carbocycles. The second-order valence-corrected chi connectivity index (χ2v) is 8.29. The topological polar surface area (TPSA) is 121 Å². The Kier molecular flexibility index (Phi) is 8.97. The lowest BCUT2D eigenvalue weighted by molar-refractivity contribution is -0.230. The van der Waals surface area contributed by atoms with Crippen LogP contribution < -0.4 is 0 Å². The molecule has 6 nitrogen and oxygen atoms in total. The molecule has 2 aromatic rings. The number of benzene rings is 2. The molecule has 6 N–H and O–H groups in total. The van der Waals surface area contributed by atoms with E-state index >= 15 is 0 Å². The molecular formula is C23H28F4O6. The lowest BCUT2D eigenvalue weighted by Crippen LogP contribution is -2.66. The van der Waals surface area contributed by atoms with E-state index in [1.807, 2.05) is 0 Å². The largest absolute Gasteiger partial charge is 0.394 e. The van der Waals surface area contributed by atoms with E-state index < -0.39 is 72.2 Å². The molecule has 5 atom stereocenters. The van der Waals surface area contributed by atoms with Crippen LogP contribution in [-0.4, -0.2) is 66.8 Å². The molecular weight excluding hydrogens is 448 g/mol. The van der Waals surface area contributed by atoms with Crippen LogP contribution >= 0.6 is 0 Å². The third-order valence-corrected chi connectivity index (χ3v) is 5.69. The molecule has 0 aliphatic rings. The first kappa shape index (κ1) is 27.2. The fourth-order valence-electron chi connectivity index (χ4n) is 4.00. The minimum absolute atomic E-state index is 0.0660. The zero-order valence-electron chi connectivity index (χ0n) is 17.9. The van der Waals surface area contributed by atoms with Crippen LogP contribution in [0.1, 0.15) is 30.9 Å². The summed E-state index contributed by atoms with van der Waals surface area (Å²) in [5.41, 5.74) is -5.03. The molecule has 0 spiro atoms. The summed E-state index contributed by atoms with van der Waals surface area (Å²) in [6.45, 7) is 0.611.